The third kappa shape index (κ3) is 2.46. The van der Waals surface area contributed by atoms with Crippen LogP contribution in [-0.4, -0.2) is 11.5 Å². The highest BCUT2D eigenvalue weighted by Gasteiger charge is 2.06. The van der Waals surface area contributed by atoms with Crippen LogP contribution in [0.3, 0.4) is 0 Å². The second kappa shape index (κ2) is 4.42. The summed E-state index contributed by atoms with van der Waals surface area (Å²) < 4.78 is 0. The van der Waals surface area contributed by atoms with Crippen molar-refractivity contribution in [2.75, 3.05) is 12.3 Å². The molecule has 0 amide bonds. The van der Waals surface area contributed by atoms with Crippen LogP contribution in [0.25, 0.3) is 0 Å². The molecule has 68 valence electrons. The summed E-state index contributed by atoms with van der Waals surface area (Å²) in [6.07, 6.45) is 2.99. The largest absolute Gasteiger partial charge is 0.375 e. The lowest BCUT2D eigenvalue weighted by Gasteiger charge is -2.09. The Labute approximate surface area is 77.0 Å². The Kier molecular flexibility index (Phi) is 3.49. The fourth-order valence-electron chi connectivity index (χ4n) is 0.962. The van der Waals surface area contributed by atoms with Gasteiger partial charge in [0.05, 0.1) is 0 Å². The number of nitrogen functional groups attached to an aromatic ring is 1. The summed E-state index contributed by atoms with van der Waals surface area (Å²) in [4.78, 5) is 5.21. The van der Waals surface area contributed by atoms with Gasteiger partial charge in [0.2, 0.25) is 0 Å². The van der Waals surface area contributed by atoms with E-state index in [9.17, 15) is 0 Å². The van der Waals surface area contributed by atoms with E-state index in [-0.39, 0.29) is 0 Å². The van der Waals surface area contributed by atoms with Crippen molar-refractivity contribution in [2.24, 2.45) is 0 Å². The number of anilines is 1. The lowest BCUT2D eigenvalue weighted by Crippen LogP contribution is -2.18. The predicted octanol–water partition coefficient (Wildman–Crippen LogP) is 1.79. The maximum atomic E-state index is 5.52. The van der Waals surface area contributed by atoms with E-state index in [0.29, 0.717) is 11.2 Å². The standard InChI is InChI=1S/C8H15N3S/c1-3-4-10-6(2)7-5-11-8(9)12-7/h5-6,10H,3-4H2,1-2H3,(H2,9,11). The van der Waals surface area contributed by atoms with Crippen LogP contribution < -0.4 is 11.1 Å². The van der Waals surface area contributed by atoms with E-state index in [1.165, 1.54) is 4.88 Å². The molecule has 0 saturated carbocycles. The first kappa shape index (κ1) is 9.48. The van der Waals surface area contributed by atoms with Crippen LogP contribution in [0.4, 0.5) is 5.13 Å². The van der Waals surface area contributed by atoms with Crippen LogP contribution >= 0.6 is 11.3 Å². The van der Waals surface area contributed by atoms with Gasteiger partial charge in [-0.1, -0.05) is 6.92 Å². The Balaban J connectivity index is 2.47. The van der Waals surface area contributed by atoms with E-state index in [1.807, 2.05) is 6.20 Å². The number of aromatic nitrogens is 1. The van der Waals surface area contributed by atoms with Crippen LogP contribution in [0.1, 0.15) is 31.2 Å². The van der Waals surface area contributed by atoms with E-state index >= 15 is 0 Å². The summed E-state index contributed by atoms with van der Waals surface area (Å²) >= 11 is 1.55. The third-order valence-corrected chi connectivity index (χ3v) is 2.68. The van der Waals surface area contributed by atoms with Crippen LogP contribution in [0.15, 0.2) is 6.20 Å². The molecule has 0 radical (unpaired) electrons. The van der Waals surface area contributed by atoms with Crippen LogP contribution in [0.2, 0.25) is 0 Å². The molecule has 0 bridgehead atoms. The highest BCUT2D eigenvalue weighted by atomic mass is 32.1. The molecule has 1 heterocycles. The van der Waals surface area contributed by atoms with E-state index < -0.39 is 0 Å². The molecule has 1 aromatic rings. The second-order valence-corrected chi connectivity index (χ2v) is 3.87. The highest BCUT2D eigenvalue weighted by Crippen LogP contribution is 2.21. The maximum absolute atomic E-state index is 5.52. The molecule has 1 rings (SSSR count). The SMILES string of the molecule is CCCNC(C)c1cnc(N)s1. The minimum atomic E-state index is 0.375. The fourth-order valence-corrected chi connectivity index (χ4v) is 1.67. The number of rotatable bonds is 4. The number of thiazole rings is 1. The van der Waals surface area contributed by atoms with Crippen molar-refractivity contribution in [1.29, 1.82) is 0 Å². The molecule has 0 saturated heterocycles. The number of hydrogen-bond acceptors (Lipinski definition) is 4. The minimum Gasteiger partial charge on any atom is -0.375 e. The third-order valence-electron chi connectivity index (χ3n) is 1.67. The van der Waals surface area contributed by atoms with Gasteiger partial charge in [-0.05, 0) is 19.9 Å². The molecule has 0 aliphatic carbocycles. The summed E-state index contributed by atoms with van der Waals surface area (Å²) in [5.74, 6) is 0. The molecule has 1 atom stereocenters. The zero-order valence-corrected chi connectivity index (χ0v) is 8.32. The van der Waals surface area contributed by atoms with Crippen molar-refractivity contribution in [2.45, 2.75) is 26.3 Å². The van der Waals surface area contributed by atoms with Crippen molar-refractivity contribution in [3.8, 4) is 0 Å². The fraction of sp³-hybridized carbons (Fsp3) is 0.625. The second-order valence-electron chi connectivity index (χ2n) is 2.78. The first-order valence-electron chi connectivity index (χ1n) is 4.18. The smallest absolute Gasteiger partial charge is 0.180 e. The topological polar surface area (TPSA) is 50.9 Å². The maximum Gasteiger partial charge on any atom is 0.180 e. The van der Waals surface area contributed by atoms with Gasteiger partial charge in [0.1, 0.15) is 0 Å². The lowest BCUT2D eigenvalue weighted by atomic mass is 10.3. The van der Waals surface area contributed by atoms with Crippen molar-refractivity contribution >= 4 is 16.5 Å². The van der Waals surface area contributed by atoms with Crippen LogP contribution in [0, 0.1) is 0 Å². The van der Waals surface area contributed by atoms with Crippen molar-refractivity contribution in [3.63, 3.8) is 0 Å². The molecule has 3 nitrogen and oxygen atoms in total. The molecule has 0 fully saturated rings. The first-order valence-corrected chi connectivity index (χ1v) is 5.00. The number of hydrogen-bond donors (Lipinski definition) is 2. The van der Waals surface area contributed by atoms with E-state index in [4.69, 9.17) is 5.73 Å². The summed E-state index contributed by atoms with van der Waals surface area (Å²) in [6.45, 7) is 5.32. The molecular weight excluding hydrogens is 170 g/mol. The monoisotopic (exact) mass is 185 g/mol. The van der Waals surface area contributed by atoms with E-state index in [0.717, 1.165) is 13.0 Å². The Hall–Kier alpha value is -0.610. The molecule has 0 aliphatic rings. The van der Waals surface area contributed by atoms with Gasteiger partial charge in [0, 0.05) is 17.1 Å². The summed E-state index contributed by atoms with van der Waals surface area (Å²) in [5, 5.41) is 4.03. The quantitative estimate of drug-likeness (QED) is 0.752. The van der Waals surface area contributed by atoms with Gasteiger partial charge in [-0.3, -0.25) is 0 Å². The van der Waals surface area contributed by atoms with Gasteiger partial charge >= 0.3 is 0 Å². The zero-order valence-electron chi connectivity index (χ0n) is 7.50. The summed E-state index contributed by atoms with van der Waals surface area (Å²) in [5.41, 5.74) is 5.52. The molecule has 1 aromatic heterocycles. The van der Waals surface area contributed by atoms with Crippen molar-refractivity contribution in [3.05, 3.63) is 11.1 Å². The molecule has 3 N–H and O–H groups in total. The first-order chi connectivity index (χ1) is 5.74. The highest BCUT2D eigenvalue weighted by molar-refractivity contribution is 7.15. The van der Waals surface area contributed by atoms with Crippen LogP contribution in [0.5, 0.6) is 0 Å². The van der Waals surface area contributed by atoms with Gasteiger partial charge in [0.25, 0.3) is 0 Å². The average molecular weight is 185 g/mol. The average Bonchev–Trinajstić information content (AvgIpc) is 2.47. The van der Waals surface area contributed by atoms with Crippen molar-refractivity contribution < 1.29 is 0 Å². The molecule has 12 heavy (non-hydrogen) atoms. The molecule has 0 spiro atoms. The molecule has 0 aliphatic heterocycles. The number of nitrogens with two attached hydrogens (primary N) is 1. The molecule has 1 unspecified atom stereocenters. The molecule has 0 aromatic carbocycles. The normalized spacial score (nSPS) is 13.2. The Bertz CT molecular complexity index is 234. The van der Waals surface area contributed by atoms with Gasteiger partial charge in [-0.25, -0.2) is 4.98 Å². The number of nitrogens with one attached hydrogen (secondary N) is 1. The van der Waals surface area contributed by atoms with E-state index in [1.54, 1.807) is 11.3 Å². The lowest BCUT2D eigenvalue weighted by molar-refractivity contribution is 0.577. The molecular formula is C8H15N3S. The molecule has 4 heteroatoms. The minimum absolute atomic E-state index is 0.375. The Morgan fingerprint density at radius 2 is 2.50 bits per heavy atom. The zero-order chi connectivity index (χ0) is 8.97. The van der Waals surface area contributed by atoms with Crippen LogP contribution in [-0.2, 0) is 0 Å². The van der Waals surface area contributed by atoms with E-state index in [2.05, 4.69) is 24.1 Å². The van der Waals surface area contributed by atoms with Gasteiger partial charge in [-0.2, -0.15) is 0 Å². The Morgan fingerprint density at radius 1 is 1.75 bits per heavy atom. The summed E-state index contributed by atoms with van der Waals surface area (Å²) in [6, 6.07) is 0.375. The van der Waals surface area contributed by atoms with Gasteiger partial charge < -0.3 is 11.1 Å². The number of nitrogens with zero attached hydrogens (tertiary/aromatic N) is 1. The summed E-state index contributed by atoms with van der Waals surface area (Å²) in [7, 11) is 0. The van der Waals surface area contributed by atoms with Crippen molar-refractivity contribution in [1.82, 2.24) is 10.3 Å². The van der Waals surface area contributed by atoms with Gasteiger partial charge in [-0.15, -0.1) is 11.3 Å². The Morgan fingerprint density at radius 3 is 3.00 bits per heavy atom. The van der Waals surface area contributed by atoms with Gasteiger partial charge in [0.15, 0.2) is 5.13 Å². The predicted molar refractivity (Wildman–Crippen MR) is 53.2 cm³/mol.